The summed E-state index contributed by atoms with van der Waals surface area (Å²) < 4.78 is 1.87. The van der Waals surface area contributed by atoms with Crippen LogP contribution in [0.1, 0.15) is 44.7 Å². The van der Waals surface area contributed by atoms with Crippen LogP contribution in [-0.4, -0.2) is 44.5 Å². The molecule has 0 bridgehead atoms. The second kappa shape index (κ2) is 9.74. The van der Waals surface area contributed by atoms with E-state index < -0.39 is 0 Å². The van der Waals surface area contributed by atoms with E-state index in [2.05, 4.69) is 30.5 Å². The van der Waals surface area contributed by atoms with Gasteiger partial charge in [-0.3, -0.25) is 14.7 Å². The van der Waals surface area contributed by atoms with E-state index in [1.807, 2.05) is 67.9 Å². The summed E-state index contributed by atoms with van der Waals surface area (Å²) in [6, 6.07) is 13.4. The molecule has 8 heteroatoms. The summed E-state index contributed by atoms with van der Waals surface area (Å²) in [6.07, 6.45) is 3.71. The van der Waals surface area contributed by atoms with Gasteiger partial charge in [-0.05, 0) is 82.9 Å². The molecule has 1 aliphatic carbocycles. The molecule has 0 atom stereocenters. The quantitative estimate of drug-likeness (QED) is 0.461. The molecule has 1 aromatic heterocycles. The van der Waals surface area contributed by atoms with Gasteiger partial charge in [0.25, 0.3) is 0 Å². The zero-order valence-electron chi connectivity index (χ0n) is 20.9. The molecule has 1 heterocycles. The smallest absolute Gasteiger partial charge is 0.318 e. The van der Waals surface area contributed by atoms with Crippen LogP contribution in [-0.2, 0) is 4.79 Å². The van der Waals surface area contributed by atoms with E-state index in [0.717, 1.165) is 29.7 Å². The number of anilines is 1. The van der Waals surface area contributed by atoms with Gasteiger partial charge in [-0.2, -0.15) is 0 Å². The number of benzene rings is 2. The van der Waals surface area contributed by atoms with Crippen LogP contribution in [0.5, 0.6) is 0 Å². The Morgan fingerprint density at radius 3 is 2.37 bits per heavy atom. The Hall–Kier alpha value is -3.32. The lowest BCUT2D eigenvalue weighted by atomic mass is 10.1. The third-order valence-electron chi connectivity index (χ3n) is 5.91. The molecular formula is C27H32ClN5O2. The molecule has 0 aliphatic heterocycles. The first-order valence-corrected chi connectivity index (χ1v) is 12.2. The van der Waals surface area contributed by atoms with Crippen molar-refractivity contribution in [3.05, 3.63) is 64.8 Å². The third-order valence-corrected chi connectivity index (χ3v) is 6.16. The molecule has 4 rings (SSSR count). The minimum Gasteiger partial charge on any atom is -0.333 e. The van der Waals surface area contributed by atoms with E-state index in [1.54, 1.807) is 4.90 Å². The molecule has 2 aromatic carbocycles. The van der Waals surface area contributed by atoms with E-state index in [9.17, 15) is 9.59 Å². The number of hydrogen-bond acceptors (Lipinski definition) is 3. The first-order valence-electron chi connectivity index (χ1n) is 11.8. The molecule has 1 fully saturated rings. The van der Waals surface area contributed by atoms with Crippen LogP contribution in [0.4, 0.5) is 10.7 Å². The molecule has 0 unspecified atom stereocenters. The zero-order chi connectivity index (χ0) is 25.3. The first kappa shape index (κ1) is 24.8. The topological polar surface area (TPSA) is 79.3 Å². The largest absolute Gasteiger partial charge is 0.333 e. The molecule has 0 radical (unpaired) electrons. The summed E-state index contributed by atoms with van der Waals surface area (Å²) in [7, 11) is 0. The van der Waals surface area contributed by atoms with Crippen molar-refractivity contribution in [3.63, 3.8) is 0 Å². The normalized spacial score (nSPS) is 13.4. The summed E-state index contributed by atoms with van der Waals surface area (Å²) in [5, 5.41) is 6.55. The maximum atomic E-state index is 13.1. The minimum absolute atomic E-state index is 0.0390. The van der Waals surface area contributed by atoms with Crippen LogP contribution in [0.3, 0.4) is 0 Å². The fourth-order valence-electron chi connectivity index (χ4n) is 3.76. The molecule has 3 amide bonds. The molecule has 1 saturated carbocycles. The number of nitrogens with one attached hydrogen (secondary N) is 2. The van der Waals surface area contributed by atoms with Gasteiger partial charge in [0.2, 0.25) is 11.9 Å². The van der Waals surface area contributed by atoms with Gasteiger partial charge in [-0.1, -0.05) is 29.8 Å². The average molecular weight is 494 g/mol. The fourth-order valence-corrected chi connectivity index (χ4v) is 3.89. The van der Waals surface area contributed by atoms with Crippen LogP contribution < -0.4 is 10.6 Å². The Labute approximate surface area is 211 Å². The van der Waals surface area contributed by atoms with Gasteiger partial charge in [-0.25, -0.2) is 9.78 Å². The summed E-state index contributed by atoms with van der Waals surface area (Å²) >= 11 is 6.06. The summed E-state index contributed by atoms with van der Waals surface area (Å²) in [4.78, 5) is 32.3. The van der Waals surface area contributed by atoms with Crippen molar-refractivity contribution >= 4 is 29.5 Å². The Morgan fingerprint density at radius 1 is 1.09 bits per heavy atom. The van der Waals surface area contributed by atoms with Crippen molar-refractivity contribution in [2.75, 3.05) is 11.9 Å². The number of carbonyl (C=O) groups is 2. The molecule has 0 spiro atoms. The van der Waals surface area contributed by atoms with Crippen molar-refractivity contribution in [2.24, 2.45) is 0 Å². The van der Waals surface area contributed by atoms with Gasteiger partial charge < -0.3 is 10.2 Å². The highest BCUT2D eigenvalue weighted by molar-refractivity contribution is 6.30. The predicted octanol–water partition coefficient (Wildman–Crippen LogP) is 5.72. The van der Waals surface area contributed by atoms with Crippen molar-refractivity contribution in [1.82, 2.24) is 19.8 Å². The van der Waals surface area contributed by atoms with Gasteiger partial charge in [0, 0.05) is 34.1 Å². The molecule has 7 nitrogen and oxygen atoms in total. The Morgan fingerprint density at radius 2 is 1.77 bits per heavy atom. The summed E-state index contributed by atoms with van der Waals surface area (Å²) in [5.74, 6) is 0.106. The second-order valence-corrected chi connectivity index (χ2v) is 10.6. The van der Waals surface area contributed by atoms with Crippen molar-refractivity contribution in [2.45, 2.75) is 59.0 Å². The third kappa shape index (κ3) is 6.22. The van der Waals surface area contributed by atoms with Gasteiger partial charge in [-0.15, -0.1) is 0 Å². The number of halogens is 1. The van der Waals surface area contributed by atoms with Crippen molar-refractivity contribution in [3.8, 4) is 16.9 Å². The predicted molar refractivity (Wildman–Crippen MR) is 140 cm³/mol. The highest BCUT2D eigenvalue weighted by Gasteiger charge is 2.35. The number of hydrogen-bond donors (Lipinski definition) is 2. The van der Waals surface area contributed by atoms with Crippen molar-refractivity contribution < 1.29 is 9.59 Å². The lowest BCUT2D eigenvalue weighted by Crippen LogP contribution is -2.51. The van der Waals surface area contributed by atoms with E-state index in [4.69, 9.17) is 16.6 Å². The van der Waals surface area contributed by atoms with Gasteiger partial charge in [0.15, 0.2) is 0 Å². The van der Waals surface area contributed by atoms with Crippen LogP contribution in [0.15, 0.2) is 48.7 Å². The first-order chi connectivity index (χ1) is 16.5. The lowest BCUT2D eigenvalue weighted by Gasteiger charge is -2.28. The molecule has 35 heavy (non-hydrogen) atoms. The number of urea groups is 1. The molecule has 1 aliphatic rings. The van der Waals surface area contributed by atoms with E-state index in [1.165, 1.54) is 5.56 Å². The fraction of sp³-hybridized carbons (Fsp3) is 0.370. The van der Waals surface area contributed by atoms with Crippen LogP contribution in [0.2, 0.25) is 5.02 Å². The number of aryl methyl sites for hydroxylation is 2. The highest BCUT2D eigenvalue weighted by Crippen LogP contribution is 2.28. The number of imidazole rings is 1. The number of carbonyl (C=O) groups excluding carboxylic acids is 2. The average Bonchev–Trinajstić information content (AvgIpc) is 3.53. The van der Waals surface area contributed by atoms with Crippen molar-refractivity contribution in [1.29, 1.82) is 0 Å². The SMILES string of the molecule is Cc1ccc(-n2cc(-c3ccc(Cl)cc3)nc2NC(=O)CN(C(=O)NC(C)(C)C)C2CC2)cc1C. The molecule has 184 valence electrons. The Bertz CT molecular complexity index is 1240. The van der Waals surface area contributed by atoms with Crippen LogP contribution >= 0.6 is 11.6 Å². The molecule has 3 aromatic rings. The second-order valence-electron chi connectivity index (χ2n) is 10.2. The lowest BCUT2D eigenvalue weighted by molar-refractivity contribution is -0.117. The summed E-state index contributed by atoms with van der Waals surface area (Å²) in [5.41, 5.74) is 4.42. The van der Waals surface area contributed by atoms with E-state index in [-0.39, 0.29) is 30.1 Å². The van der Waals surface area contributed by atoms with E-state index >= 15 is 0 Å². The standard InChI is InChI=1S/C27H32ClN5O2/c1-17-6-11-22(14-18(17)2)32-15-23(19-7-9-20(28)10-8-19)29-25(32)30-24(34)16-33(21-12-13-21)26(35)31-27(3,4)5/h6-11,14-15,21H,12-13,16H2,1-5H3,(H,31,35)(H,29,30,34). The molecule has 2 N–H and O–H groups in total. The van der Waals surface area contributed by atoms with Gasteiger partial charge in [0.1, 0.15) is 6.54 Å². The summed E-state index contributed by atoms with van der Waals surface area (Å²) in [6.45, 7) is 9.85. The highest BCUT2D eigenvalue weighted by atomic mass is 35.5. The van der Waals surface area contributed by atoms with Gasteiger partial charge >= 0.3 is 6.03 Å². The van der Waals surface area contributed by atoms with Crippen LogP contribution in [0, 0.1) is 13.8 Å². The Kier molecular flexibility index (Phi) is 6.90. The number of amides is 3. The monoisotopic (exact) mass is 493 g/mol. The van der Waals surface area contributed by atoms with Gasteiger partial charge in [0.05, 0.1) is 5.69 Å². The minimum atomic E-state index is -0.381. The Balaban J connectivity index is 1.62. The maximum absolute atomic E-state index is 13.1. The molecular weight excluding hydrogens is 462 g/mol. The molecule has 0 saturated heterocycles. The zero-order valence-corrected chi connectivity index (χ0v) is 21.6. The van der Waals surface area contributed by atoms with E-state index in [0.29, 0.717) is 16.7 Å². The maximum Gasteiger partial charge on any atom is 0.318 e. The van der Waals surface area contributed by atoms with Crippen LogP contribution in [0.25, 0.3) is 16.9 Å². The number of nitrogens with zero attached hydrogens (tertiary/aromatic N) is 3. The number of aromatic nitrogens is 2. The number of rotatable bonds is 6.